The van der Waals surface area contributed by atoms with E-state index in [-0.39, 0.29) is 11.3 Å². The van der Waals surface area contributed by atoms with Crippen LogP contribution in [0.4, 0.5) is 18.9 Å². The van der Waals surface area contributed by atoms with Gasteiger partial charge in [0.25, 0.3) is 10.0 Å². The van der Waals surface area contributed by atoms with E-state index in [4.69, 9.17) is 17.3 Å². The first-order valence-corrected chi connectivity index (χ1v) is 8.52. The van der Waals surface area contributed by atoms with Crippen molar-refractivity contribution in [3.8, 4) is 0 Å². The zero-order chi connectivity index (χ0) is 19.0. The molecule has 2 aromatic rings. The molecule has 10 heteroatoms. The fourth-order valence-corrected chi connectivity index (χ4v) is 3.46. The van der Waals surface area contributed by atoms with Gasteiger partial charge in [0.1, 0.15) is 0 Å². The topological polar surface area (TPSA) is 80.5 Å². The first-order chi connectivity index (χ1) is 11.4. The Morgan fingerprint density at radius 2 is 1.68 bits per heavy atom. The van der Waals surface area contributed by atoms with Gasteiger partial charge in [-0.25, -0.2) is 8.42 Å². The van der Waals surface area contributed by atoms with E-state index in [1.165, 1.54) is 31.3 Å². The number of alkyl halides is 3. The van der Waals surface area contributed by atoms with Gasteiger partial charge in [-0.3, -0.25) is 9.10 Å². The number of amides is 1. The summed E-state index contributed by atoms with van der Waals surface area (Å²) in [5, 5.41) is -0.597. The minimum absolute atomic E-state index is 0.147. The van der Waals surface area contributed by atoms with Crippen molar-refractivity contribution < 1.29 is 26.4 Å². The molecule has 25 heavy (non-hydrogen) atoms. The predicted octanol–water partition coefficient (Wildman–Crippen LogP) is 3.28. The van der Waals surface area contributed by atoms with Gasteiger partial charge in [0.15, 0.2) is 0 Å². The third-order valence-electron chi connectivity index (χ3n) is 3.42. The van der Waals surface area contributed by atoms with Gasteiger partial charge in [-0.15, -0.1) is 0 Å². The van der Waals surface area contributed by atoms with Crippen LogP contribution in [-0.4, -0.2) is 21.4 Å². The Morgan fingerprint density at radius 1 is 1.12 bits per heavy atom. The van der Waals surface area contributed by atoms with Crippen LogP contribution < -0.4 is 10.0 Å². The van der Waals surface area contributed by atoms with Crippen LogP contribution in [0, 0.1) is 0 Å². The highest BCUT2D eigenvalue weighted by Crippen LogP contribution is 2.36. The smallest absolute Gasteiger partial charge is 0.366 e. The van der Waals surface area contributed by atoms with Crippen LogP contribution in [0.3, 0.4) is 0 Å². The number of carbonyl (C=O) groups is 1. The van der Waals surface area contributed by atoms with Crippen LogP contribution in [-0.2, 0) is 16.2 Å². The largest absolute Gasteiger partial charge is 0.417 e. The molecule has 0 aliphatic heterocycles. The van der Waals surface area contributed by atoms with Gasteiger partial charge in [-0.1, -0.05) is 11.6 Å². The van der Waals surface area contributed by atoms with E-state index in [2.05, 4.69) is 0 Å². The van der Waals surface area contributed by atoms with Gasteiger partial charge >= 0.3 is 6.18 Å². The van der Waals surface area contributed by atoms with Gasteiger partial charge in [-0.05, 0) is 42.5 Å². The summed E-state index contributed by atoms with van der Waals surface area (Å²) in [5.41, 5.74) is 4.17. The standard InChI is InChI=1S/C15H12ClF3N2O3S/c1-21(10-4-2-9(3-5-10)14(20)22)25(23,24)11-6-7-13(16)12(8-11)15(17,18)19/h2-8H,1H3,(H2,20,22). The Kier molecular flexibility index (Phi) is 5.01. The average Bonchev–Trinajstić information content (AvgIpc) is 2.53. The average molecular weight is 393 g/mol. The molecule has 0 spiro atoms. The van der Waals surface area contributed by atoms with E-state index in [9.17, 15) is 26.4 Å². The monoisotopic (exact) mass is 392 g/mol. The van der Waals surface area contributed by atoms with E-state index in [1.54, 1.807) is 0 Å². The highest BCUT2D eigenvalue weighted by molar-refractivity contribution is 7.92. The molecule has 0 bridgehead atoms. The number of nitrogens with two attached hydrogens (primary N) is 1. The van der Waals surface area contributed by atoms with Crippen molar-refractivity contribution in [1.29, 1.82) is 0 Å². The molecule has 5 nitrogen and oxygen atoms in total. The Labute approximate surface area is 146 Å². The summed E-state index contributed by atoms with van der Waals surface area (Å²) in [6.07, 6.45) is -4.79. The summed E-state index contributed by atoms with van der Waals surface area (Å²) in [4.78, 5) is 10.5. The summed E-state index contributed by atoms with van der Waals surface area (Å²) in [7, 11) is -3.09. The third kappa shape index (κ3) is 3.88. The molecule has 134 valence electrons. The lowest BCUT2D eigenvalue weighted by Gasteiger charge is -2.20. The molecular formula is C15H12ClF3N2O3S. The normalized spacial score (nSPS) is 12.0. The summed E-state index contributed by atoms with van der Waals surface area (Å²) < 4.78 is 64.7. The second kappa shape index (κ2) is 6.57. The number of primary amides is 1. The lowest BCUT2D eigenvalue weighted by atomic mass is 10.2. The molecule has 1 amide bonds. The summed E-state index contributed by atoms with van der Waals surface area (Å²) >= 11 is 5.50. The Morgan fingerprint density at radius 3 is 2.16 bits per heavy atom. The van der Waals surface area contributed by atoms with Crippen molar-refractivity contribution in [3.05, 3.63) is 58.6 Å². The highest BCUT2D eigenvalue weighted by atomic mass is 35.5. The van der Waals surface area contributed by atoms with Crippen LogP contribution in [0.1, 0.15) is 15.9 Å². The van der Waals surface area contributed by atoms with Crippen LogP contribution in [0.15, 0.2) is 47.4 Å². The van der Waals surface area contributed by atoms with Crippen LogP contribution in [0.25, 0.3) is 0 Å². The molecule has 0 atom stereocenters. The van der Waals surface area contributed by atoms with Crippen molar-refractivity contribution in [1.82, 2.24) is 0 Å². The molecule has 0 radical (unpaired) electrons. The molecule has 0 aromatic heterocycles. The number of carbonyl (C=O) groups excluding carboxylic acids is 1. The van der Waals surface area contributed by atoms with E-state index < -0.39 is 37.6 Å². The van der Waals surface area contributed by atoms with Crippen LogP contribution in [0.5, 0.6) is 0 Å². The highest BCUT2D eigenvalue weighted by Gasteiger charge is 2.35. The lowest BCUT2D eigenvalue weighted by Crippen LogP contribution is -2.27. The second-order valence-corrected chi connectivity index (χ2v) is 7.40. The number of hydrogen-bond donors (Lipinski definition) is 1. The first kappa shape index (κ1) is 19.1. The maximum atomic E-state index is 12.9. The second-order valence-electron chi connectivity index (χ2n) is 5.02. The maximum absolute atomic E-state index is 12.9. The van der Waals surface area contributed by atoms with Crippen molar-refractivity contribution in [2.75, 3.05) is 11.4 Å². The molecule has 2 aromatic carbocycles. The fourth-order valence-electron chi connectivity index (χ4n) is 2.01. The molecule has 0 heterocycles. The molecule has 0 fully saturated rings. The van der Waals surface area contributed by atoms with Crippen molar-refractivity contribution in [2.45, 2.75) is 11.1 Å². The molecule has 0 saturated heterocycles. The van der Waals surface area contributed by atoms with Crippen LogP contribution >= 0.6 is 11.6 Å². The lowest BCUT2D eigenvalue weighted by molar-refractivity contribution is -0.137. The number of rotatable bonds is 4. The first-order valence-electron chi connectivity index (χ1n) is 6.70. The summed E-state index contributed by atoms with van der Waals surface area (Å²) in [5.74, 6) is -0.690. The van der Waals surface area contributed by atoms with Crippen molar-refractivity contribution >= 4 is 33.2 Å². The molecule has 0 unspecified atom stereocenters. The number of hydrogen-bond acceptors (Lipinski definition) is 3. The molecule has 0 aliphatic carbocycles. The number of anilines is 1. The Bertz CT molecular complexity index is 913. The molecule has 0 saturated carbocycles. The number of benzene rings is 2. The minimum atomic E-state index is -4.79. The van der Waals surface area contributed by atoms with Crippen molar-refractivity contribution in [2.24, 2.45) is 5.73 Å². The van der Waals surface area contributed by atoms with E-state index in [1.807, 2.05) is 0 Å². The predicted molar refractivity (Wildman–Crippen MR) is 87.0 cm³/mol. The van der Waals surface area contributed by atoms with Crippen molar-refractivity contribution in [3.63, 3.8) is 0 Å². The van der Waals surface area contributed by atoms with Gasteiger partial charge < -0.3 is 5.73 Å². The van der Waals surface area contributed by atoms with Crippen LogP contribution in [0.2, 0.25) is 5.02 Å². The van der Waals surface area contributed by atoms with E-state index in [0.717, 1.165) is 16.4 Å². The Hall–Kier alpha value is -2.26. The molecular weight excluding hydrogens is 381 g/mol. The molecule has 2 rings (SSSR count). The van der Waals surface area contributed by atoms with Gasteiger partial charge in [0, 0.05) is 12.6 Å². The minimum Gasteiger partial charge on any atom is -0.366 e. The van der Waals surface area contributed by atoms with Gasteiger partial charge in [-0.2, -0.15) is 13.2 Å². The number of sulfonamides is 1. The van der Waals surface area contributed by atoms with Gasteiger partial charge in [0.2, 0.25) is 5.91 Å². The quantitative estimate of drug-likeness (QED) is 0.867. The van der Waals surface area contributed by atoms with E-state index >= 15 is 0 Å². The number of halogens is 4. The van der Waals surface area contributed by atoms with E-state index in [0.29, 0.717) is 6.07 Å². The zero-order valence-corrected chi connectivity index (χ0v) is 14.3. The Balaban J connectivity index is 2.46. The fraction of sp³-hybridized carbons (Fsp3) is 0.133. The maximum Gasteiger partial charge on any atom is 0.417 e. The SMILES string of the molecule is CN(c1ccc(C(N)=O)cc1)S(=O)(=O)c1ccc(Cl)c(C(F)(F)F)c1. The molecule has 0 aliphatic rings. The summed E-state index contributed by atoms with van der Waals surface area (Å²) in [6.45, 7) is 0. The summed E-state index contributed by atoms with van der Waals surface area (Å²) in [6, 6.07) is 7.60. The van der Waals surface area contributed by atoms with Gasteiger partial charge in [0.05, 0.1) is 21.2 Å². The third-order valence-corrected chi connectivity index (χ3v) is 5.53. The number of nitrogens with zero attached hydrogens (tertiary/aromatic N) is 1. The molecule has 2 N–H and O–H groups in total. The zero-order valence-electron chi connectivity index (χ0n) is 12.7.